The van der Waals surface area contributed by atoms with Gasteiger partial charge >= 0.3 is 38.7 Å². The predicted molar refractivity (Wildman–Crippen MR) is 97.4 cm³/mol. The van der Waals surface area contributed by atoms with Gasteiger partial charge in [0.15, 0.2) is 0 Å². The van der Waals surface area contributed by atoms with Crippen molar-refractivity contribution in [3.63, 3.8) is 0 Å². The number of rotatable bonds is 0. The molecule has 0 aromatic rings. The SMILES string of the molecule is C#CC(=O)O.C#CC(=O)O.[C-]1=CC=CC1.[C-]1=CC=CC1.[CH3-].[CH3-].[SiH2]=[Ti]. The molecular formula is C18H22O4SiTi-4. The molecule has 2 aliphatic carbocycles. The molecule has 0 aromatic heterocycles. The summed E-state index contributed by atoms with van der Waals surface area (Å²) >= 11 is 2.03. The van der Waals surface area contributed by atoms with E-state index in [4.69, 9.17) is 19.8 Å². The second-order valence-electron chi connectivity index (χ2n) is 2.91. The number of hydrogen-bond donors (Lipinski definition) is 2. The fraction of sp³-hybridized carbons (Fsp3) is 0.111. The summed E-state index contributed by atoms with van der Waals surface area (Å²) in [5.41, 5.74) is 0. The zero-order valence-corrected chi connectivity index (χ0v) is 16.9. The Balaban J connectivity index is -0.0000000629. The van der Waals surface area contributed by atoms with Crippen molar-refractivity contribution in [3.8, 4) is 24.7 Å². The van der Waals surface area contributed by atoms with Crippen LogP contribution in [0.2, 0.25) is 0 Å². The van der Waals surface area contributed by atoms with Gasteiger partial charge in [0, 0.05) is 11.8 Å². The van der Waals surface area contributed by atoms with Gasteiger partial charge in [-0.2, -0.15) is 12.2 Å². The van der Waals surface area contributed by atoms with Gasteiger partial charge in [0.2, 0.25) is 0 Å². The standard InChI is InChI=1S/2C5H5.2C3H2O2.2CH3.H2Si.Ti/c2*1-2-4-5-3-1;2*1-2-3(4)5;;;;/h2*1-3H,4H2;2*1H,(H,4,5);2*1H3;1H2;/q2*-1;;;2*-1;;. The minimum absolute atomic E-state index is 0. The van der Waals surface area contributed by atoms with Gasteiger partial charge in [-0.05, 0) is 0 Å². The van der Waals surface area contributed by atoms with Gasteiger partial charge in [-0.3, -0.25) is 12.2 Å². The average Bonchev–Trinajstić information content (AvgIpc) is 3.27. The molecule has 6 heteroatoms. The van der Waals surface area contributed by atoms with Crippen molar-refractivity contribution < 1.29 is 39.0 Å². The number of carboxylic acid groups (broad SMARTS) is 2. The maximum absolute atomic E-state index is 9.13. The molecule has 0 spiro atoms. The van der Waals surface area contributed by atoms with Crippen LogP contribution in [0.5, 0.6) is 0 Å². The van der Waals surface area contributed by atoms with Crippen molar-refractivity contribution in [2.45, 2.75) is 12.8 Å². The summed E-state index contributed by atoms with van der Waals surface area (Å²) in [5.74, 6) is 0.454. The van der Waals surface area contributed by atoms with Crippen LogP contribution in [0.15, 0.2) is 36.5 Å². The van der Waals surface area contributed by atoms with Crippen LogP contribution in [0.1, 0.15) is 12.8 Å². The molecule has 0 aliphatic heterocycles. The van der Waals surface area contributed by atoms with Gasteiger partial charge in [-0.25, -0.2) is 33.9 Å². The summed E-state index contributed by atoms with van der Waals surface area (Å²) in [7, 11) is 1.86. The molecule has 0 bridgehead atoms. The molecule has 0 atom stereocenters. The maximum atomic E-state index is 9.13. The molecule has 0 unspecified atom stereocenters. The number of terminal acetylenes is 2. The van der Waals surface area contributed by atoms with Crippen molar-refractivity contribution in [2.24, 2.45) is 0 Å². The van der Waals surface area contributed by atoms with Crippen LogP contribution in [0.3, 0.4) is 0 Å². The summed E-state index contributed by atoms with van der Waals surface area (Å²) in [5, 5.41) is 15.0. The molecule has 0 heterocycles. The number of hydrogen-bond acceptors (Lipinski definition) is 2. The molecule has 0 saturated heterocycles. The number of carboxylic acids is 2. The second kappa shape index (κ2) is 32.8. The molecule has 0 radical (unpaired) electrons. The van der Waals surface area contributed by atoms with Crippen LogP contribution < -0.4 is 0 Å². The topological polar surface area (TPSA) is 74.6 Å². The Morgan fingerprint density at radius 1 is 0.917 bits per heavy atom. The van der Waals surface area contributed by atoms with Gasteiger partial charge in [-0.1, -0.05) is 0 Å². The number of allylic oxidation sites excluding steroid dienone is 8. The molecular weight excluding hydrogens is 356 g/mol. The Labute approximate surface area is 159 Å². The van der Waals surface area contributed by atoms with Gasteiger partial charge in [0.1, 0.15) is 0 Å². The predicted octanol–water partition coefficient (Wildman–Crippen LogP) is 2.00. The molecule has 2 rings (SSSR count). The zero-order chi connectivity index (χ0) is 17.6. The van der Waals surface area contributed by atoms with E-state index in [2.05, 4.69) is 37.2 Å². The zero-order valence-electron chi connectivity index (χ0n) is 14.0. The number of carbonyl (C=O) groups is 2. The Bertz CT molecular complexity index is 440. The fourth-order valence-corrected chi connectivity index (χ4v) is 0.680. The third kappa shape index (κ3) is 50.2. The summed E-state index contributed by atoms with van der Waals surface area (Å²) in [4.78, 5) is 18.3. The summed E-state index contributed by atoms with van der Waals surface area (Å²) < 4.78 is 0. The first-order chi connectivity index (χ1) is 10.5. The molecule has 0 fully saturated rings. The van der Waals surface area contributed by atoms with E-state index in [-0.39, 0.29) is 14.9 Å². The first kappa shape index (κ1) is 33.5. The Morgan fingerprint density at radius 2 is 1.17 bits per heavy atom. The first-order valence-electron chi connectivity index (χ1n) is 5.72. The molecule has 2 N–H and O–H groups in total. The van der Waals surface area contributed by atoms with E-state index < -0.39 is 11.9 Å². The van der Waals surface area contributed by atoms with Gasteiger partial charge in [-0.15, -0.1) is 25.7 Å². The van der Waals surface area contributed by atoms with E-state index in [0.717, 1.165) is 12.8 Å². The molecule has 0 aromatic carbocycles. The first-order valence-corrected chi connectivity index (χ1v) is 9.74. The van der Waals surface area contributed by atoms with E-state index in [1.54, 1.807) is 0 Å². The van der Waals surface area contributed by atoms with E-state index in [1.807, 2.05) is 51.1 Å². The third-order valence-corrected chi connectivity index (χ3v) is 1.42. The Morgan fingerprint density at radius 3 is 1.21 bits per heavy atom. The van der Waals surface area contributed by atoms with Crippen LogP contribution in [-0.2, 0) is 28.8 Å². The van der Waals surface area contributed by atoms with E-state index >= 15 is 0 Å². The minimum atomic E-state index is -1.22. The van der Waals surface area contributed by atoms with Gasteiger partial charge in [0.25, 0.3) is 0 Å². The van der Waals surface area contributed by atoms with Crippen LogP contribution in [0, 0.1) is 51.7 Å². The van der Waals surface area contributed by atoms with E-state index in [9.17, 15) is 0 Å². The average molecular weight is 378 g/mol. The normalized spacial score (nSPS) is 9.71. The van der Waals surface area contributed by atoms with Crippen LogP contribution in [0.25, 0.3) is 0 Å². The second-order valence-corrected chi connectivity index (χ2v) is 2.91. The van der Waals surface area contributed by atoms with Gasteiger partial charge in [0.05, 0.1) is 0 Å². The molecule has 0 saturated carbocycles. The molecule has 0 amide bonds. The van der Waals surface area contributed by atoms with Gasteiger partial charge < -0.3 is 25.1 Å². The molecule has 4 nitrogen and oxygen atoms in total. The monoisotopic (exact) mass is 378 g/mol. The van der Waals surface area contributed by atoms with Crippen LogP contribution in [-0.4, -0.2) is 29.8 Å². The van der Waals surface area contributed by atoms with Crippen LogP contribution in [0.4, 0.5) is 0 Å². The van der Waals surface area contributed by atoms with Crippen LogP contribution >= 0.6 is 0 Å². The fourth-order valence-electron chi connectivity index (χ4n) is 0.680. The third-order valence-electron chi connectivity index (χ3n) is 1.42. The number of aliphatic carboxylic acids is 2. The summed E-state index contributed by atoms with van der Waals surface area (Å²) in [6, 6.07) is 0. The molecule has 24 heavy (non-hydrogen) atoms. The summed E-state index contributed by atoms with van der Waals surface area (Å²) in [6.07, 6.45) is 28.6. The van der Waals surface area contributed by atoms with Crippen molar-refractivity contribution in [1.82, 2.24) is 0 Å². The molecule has 130 valence electrons. The van der Waals surface area contributed by atoms with Crippen molar-refractivity contribution in [1.29, 1.82) is 0 Å². The quantitative estimate of drug-likeness (QED) is 0.384. The van der Waals surface area contributed by atoms with Crippen molar-refractivity contribution in [2.75, 3.05) is 0 Å². The Kier molecular flexibility index (Phi) is 45.8. The van der Waals surface area contributed by atoms with Crippen molar-refractivity contribution >= 4 is 19.6 Å². The van der Waals surface area contributed by atoms with Crippen molar-refractivity contribution in [3.05, 3.63) is 63.5 Å². The van der Waals surface area contributed by atoms with E-state index in [0.29, 0.717) is 0 Å². The molecule has 2 aliphatic rings. The summed E-state index contributed by atoms with van der Waals surface area (Å²) in [6.45, 7) is 0. The van der Waals surface area contributed by atoms with E-state index in [1.165, 1.54) is 11.8 Å². The Hall–Kier alpha value is -2.05.